The fraction of sp³-hybridized carbons (Fsp3) is 0.727. The number of fused-ring (bicyclic) bond motifs is 2. The molecule has 162 valence electrons. The number of hydrogen-bond donors (Lipinski definition) is 1. The van der Waals surface area contributed by atoms with Crippen LogP contribution in [-0.2, 0) is 16.1 Å². The average Bonchev–Trinajstić information content (AvgIpc) is 3.32. The van der Waals surface area contributed by atoms with Crippen LogP contribution in [0.5, 0.6) is 11.5 Å². The van der Waals surface area contributed by atoms with E-state index in [-0.39, 0.29) is 6.61 Å². The van der Waals surface area contributed by atoms with Crippen LogP contribution < -0.4 is 9.47 Å². The molecule has 1 saturated carbocycles. The van der Waals surface area contributed by atoms with Crippen molar-refractivity contribution in [3.8, 4) is 11.5 Å². The van der Waals surface area contributed by atoms with Gasteiger partial charge in [0.05, 0.1) is 19.8 Å². The predicted octanol–water partition coefficient (Wildman–Crippen LogP) is 1.93. The molecule has 4 rings (SSSR count). The maximum Gasteiger partial charge on any atom is 0.161 e. The van der Waals surface area contributed by atoms with Gasteiger partial charge in [-0.1, -0.05) is 6.07 Å². The molecule has 3 fully saturated rings. The molecule has 2 heterocycles. The first kappa shape index (κ1) is 20.9. The zero-order chi connectivity index (χ0) is 20.2. The lowest BCUT2D eigenvalue weighted by molar-refractivity contribution is -0.117. The predicted molar refractivity (Wildman–Crippen MR) is 109 cm³/mol. The summed E-state index contributed by atoms with van der Waals surface area (Å²) in [6.07, 6.45) is 3.39. The molecule has 1 aromatic rings. The van der Waals surface area contributed by atoms with E-state index >= 15 is 0 Å². The van der Waals surface area contributed by atoms with Gasteiger partial charge in [-0.3, -0.25) is 9.74 Å². The van der Waals surface area contributed by atoms with E-state index in [1.165, 1.54) is 12.8 Å². The van der Waals surface area contributed by atoms with Gasteiger partial charge in [-0.05, 0) is 48.8 Å². The van der Waals surface area contributed by atoms with Crippen LogP contribution in [0.1, 0.15) is 24.8 Å². The first-order valence-corrected chi connectivity index (χ1v) is 10.8. The molecule has 0 amide bonds. The number of hydrogen-bond acceptors (Lipinski definition) is 7. The minimum absolute atomic E-state index is 0.250. The Morgan fingerprint density at radius 2 is 1.97 bits per heavy atom. The van der Waals surface area contributed by atoms with E-state index in [9.17, 15) is 5.11 Å². The number of ether oxygens (including phenoxy) is 3. The zero-order valence-electron chi connectivity index (χ0n) is 17.6. The number of rotatable bonds is 9. The standard InChI is InChI=1S/C22H34N2O5/c1-26-20-7-4-16(11-24-8-3-9-29-24)10-21(20)28-15-19(25)14-23-12-17-5-6-18(13-23)22(17)27-2/h4,7,10,17-19,22,25H,3,5-6,8-9,11-15H2,1-2H3/t17-,18+,19?,22?. The van der Waals surface area contributed by atoms with Gasteiger partial charge in [0.2, 0.25) is 0 Å². The Bertz CT molecular complexity index is 653. The third-order valence-electron chi connectivity index (χ3n) is 6.41. The van der Waals surface area contributed by atoms with Crippen molar-refractivity contribution in [1.29, 1.82) is 0 Å². The molecule has 4 atom stereocenters. The Morgan fingerprint density at radius 3 is 2.62 bits per heavy atom. The molecule has 2 aliphatic heterocycles. The van der Waals surface area contributed by atoms with Crippen molar-refractivity contribution in [3.05, 3.63) is 23.8 Å². The van der Waals surface area contributed by atoms with E-state index in [0.717, 1.165) is 44.8 Å². The highest BCUT2D eigenvalue weighted by molar-refractivity contribution is 5.43. The number of aliphatic hydroxyl groups is 1. The van der Waals surface area contributed by atoms with Crippen molar-refractivity contribution in [2.24, 2.45) is 11.8 Å². The van der Waals surface area contributed by atoms with Crippen molar-refractivity contribution in [3.63, 3.8) is 0 Å². The summed E-state index contributed by atoms with van der Waals surface area (Å²) in [5, 5.41) is 12.5. The Labute approximate surface area is 173 Å². The van der Waals surface area contributed by atoms with Crippen LogP contribution in [-0.4, -0.2) is 80.9 Å². The highest BCUT2D eigenvalue weighted by Gasteiger charge is 2.42. The summed E-state index contributed by atoms with van der Waals surface area (Å²) < 4.78 is 17.1. The molecular formula is C22H34N2O5. The topological polar surface area (TPSA) is 63.6 Å². The molecule has 2 unspecified atom stereocenters. The van der Waals surface area contributed by atoms with Gasteiger partial charge in [-0.25, -0.2) is 0 Å². The highest BCUT2D eigenvalue weighted by Crippen LogP contribution is 2.38. The summed E-state index contributed by atoms with van der Waals surface area (Å²) in [5.74, 6) is 2.54. The third-order valence-corrected chi connectivity index (χ3v) is 6.41. The lowest BCUT2D eigenvalue weighted by atomic mass is 9.94. The second-order valence-corrected chi connectivity index (χ2v) is 8.52. The molecule has 2 bridgehead atoms. The van der Waals surface area contributed by atoms with Gasteiger partial charge < -0.3 is 19.3 Å². The first-order chi connectivity index (χ1) is 14.2. The fourth-order valence-corrected chi connectivity index (χ4v) is 5.10. The van der Waals surface area contributed by atoms with Crippen LogP contribution in [0.2, 0.25) is 0 Å². The number of hydroxylamine groups is 2. The van der Waals surface area contributed by atoms with Crippen LogP contribution in [0.4, 0.5) is 0 Å². The lowest BCUT2D eigenvalue weighted by Gasteiger charge is -2.38. The van der Waals surface area contributed by atoms with Crippen molar-refractivity contribution < 1.29 is 24.2 Å². The van der Waals surface area contributed by atoms with Crippen molar-refractivity contribution in [2.45, 2.75) is 38.0 Å². The van der Waals surface area contributed by atoms with Gasteiger partial charge in [0.1, 0.15) is 12.7 Å². The van der Waals surface area contributed by atoms with E-state index < -0.39 is 6.10 Å². The van der Waals surface area contributed by atoms with Crippen LogP contribution in [0.15, 0.2) is 18.2 Å². The number of β-amino-alcohol motifs (C(OH)–C–C–N with tert-alkyl or cyclic N) is 1. The van der Waals surface area contributed by atoms with E-state index in [4.69, 9.17) is 19.0 Å². The number of likely N-dealkylation sites (tertiary alicyclic amines) is 1. The summed E-state index contributed by atoms with van der Waals surface area (Å²) in [6, 6.07) is 5.93. The number of methoxy groups -OCH3 is 2. The summed E-state index contributed by atoms with van der Waals surface area (Å²) in [7, 11) is 3.46. The number of nitrogens with zero attached hydrogens (tertiary/aromatic N) is 2. The second kappa shape index (κ2) is 9.62. The molecule has 29 heavy (non-hydrogen) atoms. The van der Waals surface area contributed by atoms with Crippen LogP contribution in [0.25, 0.3) is 0 Å². The largest absolute Gasteiger partial charge is 0.493 e. The lowest BCUT2D eigenvalue weighted by Crippen LogP contribution is -2.48. The molecule has 1 aromatic carbocycles. The summed E-state index contributed by atoms with van der Waals surface area (Å²) in [6.45, 7) is 5.34. The fourth-order valence-electron chi connectivity index (χ4n) is 5.10. The van der Waals surface area contributed by atoms with Crippen LogP contribution in [0, 0.1) is 11.8 Å². The maximum absolute atomic E-state index is 10.6. The quantitative estimate of drug-likeness (QED) is 0.672. The molecule has 7 heteroatoms. The molecule has 0 spiro atoms. The van der Waals surface area contributed by atoms with Crippen LogP contribution in [0.3, 0.4) is 0 Å². The monoisotopic (exact) mass is 406 g/mol. The smallest absolute Gasteiger partial charge is 0.161 e. The minimum Gasteiger partial charge on any atom is -0.493 e. The maximum atomic E-state index is 10.6. The number of benzene rings is 1. The summed E-state index contributed by atoms with van der Waals surface area (Å²) >= 11 is 0. The summed E-state index contributed by atoms with van der Waals surface area (Å²) in [4.78, 5) is 7.95. The molecule has 0 aromatic heterocycles. The van der Waals surface area contributed by atoms with E-state index in [1.807, 2.05) is 30.4 Å². The van der Waals surface area contributed by atoms with Gasteiger partial charge in [0, 0.05) is 39.8 Å². The Balaban J connectivity index is 1.29. The van der Waals surface area contributed by atoms with Gasteiger partial charge in [-0.15, -0.1) is 0 Å². The van der Waals surface area contributed by atoms with Crippen molar-refractivity contribution >= 4 is 0 Å². The van der Waals surface area contributed by atoms with Gasteiger partial charge in [0.15, 0.2) is 11.5 Å². The van der Waals surface area contributed by atoms with E-state index in [0.29, 0.717) is 36.0 Å². The molecule has 0 radical (unpaired) electrons. The normalized spacial score (nSPS) is 28.6. The molecule has 2 saturated heterocycles. The Morgan fingerprint density at radius 1 is 1.17 bits per heavy atom. The number of piperidine rings is 1. The third kappa shape index (κ3) is 5.03. The molecule has 7 nitrogen and oxygen atoms in total. The minimum atomic E-state index is -0.538. The zero-order valence-corrected chi connectivity index (χ0v) is 17.6. The van der Waals surface area contributed by atoms with Gasteiger partial charge in [-0.2, -0.15) is 5.06 Å². The van der Waals surface area contributed by atoms with Crippen molar-refractivity contribution in [2.75, 3.05) is 53.6 Å². The summed E-state index contributed by atoms with van der Waals surface area (Å²) in [5.41, 5.74) is 1.11. The Kier molecular flexibility index (Phi) is 6.92. The molecule has 1 N–H and O–H groups in total. The highest BCUT2D eigenvalue weighted by atomic mass is 16.7. The average molecular weight is 407 g/mol. The van der Waals surface area contributed by atoms with Crippen molar-refractivity contribution in [1.82, 2.24) is 9.96 Å². The van der Waals surface area contributed by atoms with Gasteiger partial charge in [0.25, 0.3) is 0 Å². The molecular weight excluding hydrogens is 372 g/mol. The SMILES string of the molecule is COc1ccc(CN2CCCO2)cc1OCC(O)CN1C[C@H]2CC[C@@H](C1)C2OC. The first-order valence-electron chi connectivity index (χ1n) is 10.8. The Hall–Kier alpha value is -1.38. The van der Waals surface area contributed by atoms with E-state index in [1.54, 1.807) is 7.11 Å². The van der Waals surface area contributed by atoms with Gasteiger partial charge >= 0.3 is 0 Å². The van der Waals surface area contributed by atoms with Crippen LogP contribution >= 0.6 is 0 Å². The molecule has 3 aliphatic rings. The molecule has 1 aliphatic carbocycles. The van der Waals surface area contributed by atoms with E-state index in [2.05, 4.69) is 4.90 Å². The number of aliphatic hydroxyl groups excluding tert-OH is 1. The second-order valence-electron chi connectivity index (χ2n) is 8.52.